The Hall–Kier alpha value is -2.37. The van der Waals surface area contributed by atoms with E-state index in [1.807, 2.05) is 10.8 Å². The summed E-state index contributed by atoms with van der Waals surface area (Å²) in [7, 11) is 0. The van der Waals surface area contributed by atoms with Gasteiger partial charge in [0.1, 0.15) is 11.5 Å². The number of nitrogen functional groups attached to an aromatic ring is 1. The van der Waals surface area contributed by atoms with Crippen LogP contribution in [0.4, 0.5) is 11.4 Å². The predicted octanol–water partition coefficient (Wildman–Crippen LogP) is 2.37. The Kier molecular flexibility index (Phi) is 3.79. The van der Waals surface area contributed by atoms with Gasteiger partial charge >= 0.3 is 0 Å². The van der Waals surface area contributed by atoms with Gasteiger partial charge in [-0.25, -0.2) is 4.98 Å². The Bertz CT molecular complexity index is 592. The van der Waals surface area contributed by atoms with E-state index in [4.69, 9.17) is 5.73 Å². The Morgan fingerprint density at radius 2 is 2.26 bits per heavy atom. The largest absolute Gasteiger partial charge is 0.393 e. The van der Waals surface area contributed by atoms with Crippen molar-refractivity contribution < 1.29 is 4.92 Å². The van der Waals surface area contributed by atoms with Gasteiger partial charge in [-0.05, 0) is 18.1 Å². The standard InChI is InChI=1S/C13H16N4O2/c1-2-3-13-15-6-7-16(13)9-10-4-5-11(14)12(8-10)17(18)19/h4-8H,2-3,9,14H2,1H3. The van der Waals surface area contributed by atoms with Gasteiger partial charge in [0.25, 0.3) is 5.69 Å². The third kappa shape index (κ3) is 2.90. The molecule has 100 valence electrons. The average Bonchev–Trinajstić information content (AvgIpc) is 2.79. The number of aryl methyl sites for hydroxylation is 1. The van der Waals surface area contributed by atoms with Crippen LogP contribution in [0, 0.1) is 10.1 Å². The van der Waals surface area contributed by atoms with Crippen molar-refractivity contribution in [2.75, 3.05) is 5.73 Å². The fourth-order valence-corrected chi connectivity index (χ4v) is 1.98. The molecule has 2 aromatic rings. The number of benzene rings is 1. The van der Waals surface area contributed by atoms with Crippen molar-refractivity contribution in [3.63, 3.8) is 0 Å². The Morgan fingerprint density at radius 1 is 1.47 bits per heavy atom. The molecule has 0 saturated carbocycles. The number of rotatable bonds is 5. The van der Waals surface area contributed by atoms with Crippen LogP contribution in [0.25, 0.3) is 0 Å². The van der Waals surface area contributed by atoms with Gasteiger partial charge in [-0.2, -0.15) is 0 Å². The highest BCUT2D eigenvalue weighted by Crippen LogP contribution is 2.23. The monoisotopic (exact) mass is 260 g/mol. The lowest BCUT2D eigenvalue weighted by atomic mass is 10.1. The van der Waals surface area contributed by atoms with E-state index in [0.29, 0.717) is 6.54 Å². The molecule has 6 nitrogen and oxygen atoms in total. The molecule has 0 saturated heterocycles. The first-order chi connectivity index (χ1) is 9.11. The van der Waals surface area contributed by atoms with E-state index >= 15 is 0 Å². The molecule has 2 N–H and O–H groups in total. The van der Waals surface area contributed by atoms with Crippen LogP contribution in [-0.2, 0) is 13.0 Å². The second-order valence-corrected chi connectivity index (χ2v) is 4.37. The van der Waals surface area contributed by atoms with Crippen molar-refractivity contribution >= 4 is 11.4 Å². The van der Waals surface area contributed by atoms with Gasteiger partial charge in [-0.15, -0.1) is 0 Å². The summed E-state index contributed by atoms with van der Waals surface area (Å²) < 4.78 is 2.00. The van der Waals surface area contributed by atoms with Crippen molar-refractivity contribution in [1.82, 2.24) is 9.55 Å². The number of nitrogens with zero attached hydrogens (tertiary/aromatic N) is 3. The van der Waals surface area contributed by atoms with Crippen molar-refractivity contribution in [2.24, 2.45) is 0 Å². The Morgan fingerprint density at radius 3 is 2.95 bits per heavy atom. The van der Waals surface area contributed by atoms with Gasteiger partial charge in [0.2, 0.25) is 0 Å². The lowest BCUT2D eigenvalue weighted by Gasteiger charge is -2.08. The molecule has 0 radical (unpaired) electrons. The van der Waals surface area contributed by atoms with Crippen molar-refractivity contribution in [3.05, 3.63) is 52.1 Å². The number of anilines is 1. The first kappa shape index (κ1) is 13.1. The molecular weight excluding hydrogens is 244 g/mol. The highest BCUT2D eigenvalue weighted by atomic mass is 16.6. The van der Waals surface area contributed by atoms with Crippen LogP contribution < -0.4 is 5.73 Å². The molecule has 2 rings (SSSR count). The van der Waals surface area contributed by atoms with Crippen molar-refractivity contribution in [3.8, 4) is 0 Å². The molecule has 0 spiro atoms. The van der Waals surface area contributed by atoms with Gasteiger partial charge < -0.3 is 10.3 Å². The van der Waals surface area contributed by atoms with E-state index in [9.17, 15) is 10.1 Å². The summed E-state index contributed by atoms with van der Waals surface area (Å²) >= 11 is 0. The van der Waals surface area contributed by atoms with Crippen LogP contribution in [0.15, 0.2) is 30.6 Å². The molecule has 0 aliphatic heterocycles. The van der Waals surface area contributed by atoms with Gasteiger partial charge in [-0.1, -0.05) is 13.0 Å². The maximum Gasteiger partial charge on any atom is 0.292 e. The molecule has 1 aromatic heterocycles. The number of nitro benzene ring substituents is 1. The third-order valence-corrected chi connectivity index (χ3v) is 2.92. The zero-order valence-electron chi connectivity index (χ0n) is 10.7. The maximum atomic E-state index is 10.9. The summed E-state index contributed by atoms with van der Waals surface area (Å²) in [6.07, 6.45) is 5.53. The Balaban J connectivity index is 2.26. The average molecular weight is 260 g/mol. The van der Waals surface area contributed by atoms with Gasteiger partial charge in [0.05, 0.1) is 4.92 Å². The highest BCUT2D eigenvalue weighted by Gasteiger charge is 2.12. The van der Waals surface area contributed by atoms with E-state index in [-0.39, 0.29) is 11.4 Å². The van der Waals surface area contributed by atoms with Crippen molar-refractivity contribution in [1.29, 1.82) is 0 Å². The normalized spacial score (nSPS) is 10.6. The fourth-order valence-electron chi connectivity index (χ4n) is 1.98. The predicted molar refractivity (Wildman–Crippen MR) is 72.8 cm³/mol. The summed E-state index contributed by atoms with van der Waals surface area (Å²) in [6.45, 7) is 2.66. The first-order valence-electron chi connectivity index (χ1n) is 6.14. The van der Waals surface area contributed by atoms with E-state index in [1.54, 1.807) is 18.3 Å². The summed E-state index contributed by atoms with van der Waals surface area (Å²) in [5.41, 5.74) is 6.57. The third-order valence-electron chi connectivity index (χ3n) is 2.92. The van der Waals surface area contributed by atoms with E-state index in [0.717, 1.165) is 24.2 Å². The minimum Gasteiger partial charge on any atom is -0.393 e. The van der Waals surface area contributed by atoms with Crippen LogP contribution in [-0.4, -0.2) is 14.5 Å². The molecule has 0 unspecified atom stereocenters. The van der Waals surface area contributed by atoms with Crippen LogP contribution in [0.3, 0.4) is 0 Å². The quantitative estimate of drug-likeness (QED) is 0.508. The number of imidazole rings is 1. The highest BCUT2D eigenvalue weighted by molar-refractivity contribution is 5.59. The number of hydrogen-bond donors (Lipinski definition) is 1. The molecule has 6 heteroatoms. The van der Waals surface area contributed by atoms with E-state index in [1.165, 1.54) is 6.07 Å². The topological polar surface area (TPSA) is 87.0 Å². The van der Waals surface area contributed by atoms with Crippen LogP contribution >= 0.6 is 0 Å². The second-order valence-electron chi connectivity index (χ2n) is 4.37. The molecule has 0 aliphatic carbocycles. The summed E-state index contributed by atoms with van der Waals surface area (Å²) in [4.78, 5) is 14.7. The van der Waals surface area contributed by atoms with Gasteiger partial charge in [-0.3, -0.25) is 10.1 Å². The Labute approximate surface area is 111 Å². The molecule has 1 aromatic carbocycles. The van der Waals surface area contributed by atoms with Crippen LogP contribution in [0.2, 0.25) is 0 Å². The molecule has 0 fully saturated rings. The molecule has 1 heterocycles. The zero-order chi connectivity index (χ0) is 13.8. The molecule has 0 atom stereocenters. The number of nitro groups is 1. The van der Waals surface area contributed by atoms with Crippen LogP contribution in [0.5, 0.6) is 0 Å². The van der Waals surface area contributed by atoms with Crippen LogP contribution in [0.1, 0.15) is 24.7 Å². The number of aromatic nitrogens is 2. The molecule has 0 bridgehead atoms. The maximum absolute atomic E-state index is 10.9. The number of nitrogens with two attached hydrogens (primary N) is 1. The lowest BCUT2D eigenvalue weighted by Crippen LogP contribution is -2.05. The smallest absolute Gasteiger partial charge is 0.292 e. The van der Waals surface area contributed by atoms with E-state index in [2.05, 4.69) is 11.9 Å². The van der Waals surface area contributed by atoms with Gasteiger partial charge in [0, 0.05) is 31.4 Å². The first-order valence-corrected chi connectivity index (χ1v) is 6.14. The fraction of sp³-hybridized carbons (Fsp3) is 0.308. The van der Waals surface area contributed by atoms with Crippen molar-refractivity contribution in [2.45, 2.75) is 26.3 Å². The molecule has 19 heavy (non-hydrogen) atoms. The molecular formula is C13H16N4O2. The lowest BCUT2D eigenvalue weighted by molar-refractivity contribution is -0.384. The summed E-state index contributed by atoms with van der Waals surface area (Å²) in [5.74, 6) is 0.988. The number of hydrogen-bond acceptors (Lipinski definition) is 4. The summed E-state index contributed by atoms with van der Waals surface area (Å²) in [6, 6.07) is 4.90. The van der Waals surface area contributed by atoms with E-state index < -0.39 is 4.92 Å². The SMILES string of the molecule is CCCc1nccn1Cc1ccc(N)c([N+](=O)[O-])c1. The van der Waals surface area contributed by atoms with Gasteiger partial charge in [0.15, 0.2) is 0 Å². The minimum atomic E-state index is -0.459. The molecule has 0 aliphatic rings. The minimum absolute atomic E-state index is 0.0466. The summed E-state index contributed by atoms with van der Waals surface area (Å²) in [5, 5.41) is 10.9. The molecule has 0 amide bonds. The second kappa shape index (κ2) is 5.51. The zero-order valence-corrected chi connectivity index (χ0v) is 10.7.